The van der Waals surface area contributed by atoms with E-state index >= 15 is 0 Å². The van der Waals surface area contributed by atoms with Crippen LogP contribution in [0.5, 0.6) is 5.75 Å². The third kappa shape index (κ3) is 2.69. The highest BCUT2D eigenvalue weighted by Crippen LogP contribution is 2.49. The molecular formula is C19H23NO3. The van der Waals surface area contributed by atoms with Crippen molar-refractivity contribution in [2.45, 2.75) is 44.1 Å². The summed E-state index contributed by atoms with van der Waals surface area (Å²) in [4.78, 5) is 27.2. The molecule has 4 rings (SSSR count). The lowest BCUT2D eigenvalue weighted by Gasteiger charge is -2.51. The molecule has 23 heavy (non-hydrogen) atoms. The van der Waals surface area contributed by atoms with Gasteiger partial charge in [-0.3, -0.25) is 14.5 Å². The minimum atomic E-state index is -0.216. The standard InChI is InChI=1S/C19H23NO3/c21-17-7-9-19-8-4-10-20(19)13-14(16(17)12-19)11-18(22)23-15-5-2-1-3-6-15/h1-3,5-6,14,16H,4,7-13H2/t14-,16?,19?/m1/s1. The molecule has 0 radical (unpaired) electrons. The molecule has 2 saturated heterocycles. The predicted molar refractivity (Wildman–Crippen MR) is 86.1 cm³/mol. The minimum Gasteiger partial charge on any atom is -0.427 e. The fourth-order valence-electron chi connectivity index (χ4n) is 4.88. The number of benzene rings is 1. The van der Waals surface area contributed by atoms with Crippen LogP contribution < -0.4 is 4.74 Å². The van der Waals surface area contributed by atoms with Gasteiger partial charge >= 0.3 is 5.97 Å². The van der Waals surface area contributed by atoms with Crippen LogP contribution >= 0.6 is 0 Å². The van der Waals surface area contributed by atoms with E-state index in [-0.39, 0.29) is 23.3 Å². The van der Waals surface area contributed by atoms with Gasteiger partial charge in [0.15, 0.2) is 0 Å². The maximum atomic E-state index is 12.4. The van der Waals surface area contributed by atoms with E-state index in [0.717, 1.165) is 25.9 Å². The highest BCUT2D eigenvalue weighted by Gasteiger charge is 2.53. The van der Waals surface area contributed by atoms with E-state index in [1.54, 1.807) is 12.1 Å². The van der Waals surface area contributed by atoms with Crippen molar-refractivity contribution in [2.75, 3.05) is 13.1 Å². The average molecular weight is 313 g/mol. The van der Waals surface area contributed by atoms with Gasteiger partial charge in [0.2, 0.25) is 0 Å². The zero-order chi connectivity index (χ0) is 15.9. The van der Waals surface area contributed by atoms with Crippen molar-refractivity contribution in [3.63, 3.8) is 0 Å². The van der Waals surface area contributed by atoms with Crippen LogP contribution in [0.25, 0.3) is 0 Å². The summed E-state index contributed by atoms with van der Waals surface area (Å²) >= 11 is 0. The van der Waals surface area contributed by atoms with Gasteiger partial charge in [-0.15, -0.1) is 0 Å². The number of carbonyl (C=O) groups is 2. The molecule has 2 unspecified atom stereocenters. The van der Waals surface area contributed by atoms with Gasteiger partial charge in [0.25, 0.3) is 0 Å². The van der Waals surface area contributed by atoms with Crippen molar-refractivity contribution in [2.24, 2.45) is 11.8 Å². The maximum absolute atomic E-state index is 12.4. The number of ether oxygens (including phenoxy) is 1. The summed E-state index contributed by atoms with van der Waals surface area (Å²) in [5.74, 6) is 0.899. The largest absolute Gasteiger partial charge is 0.427 e. The lowest BCUT2D eigenvalue weighted by Crippen LogP contribution is -2.58. The van der Waals surface area contributed by atoms with Gasteiger partial charge in [0.1, 0.15) is 11.5 Å². The van der Waals surface area contributed by atoms with E-state index in [4.69, 9.17) is 4.74 Å². The Kier molecular flexibility index (Phi) is 3.72. The molecule has 1 spiro atoms. The molecule has 0 N–H and O–H groups in total. The third-order valence-corrected chi connectivity index (χ3v) is 6.02. The second-order valence-electron chi connectivity index (χ2n) is 7.30. The Balaban J connectivity index is 1.46. The number of fused-ring (bicyclic) bond motifs is 1. The number of hydrogen-bond donors (Lipinski definition) is 0. The third-order valence-electron chi connectivity index (χ3n) is 6.02. The van der Waals surface area contributed by atoms with Crippen LogP contribution in [0.3, 0.4) is 0 Å². The molecule has 3 fully saturated rings. The molecule has 4 nitrogen and oxygen atoms in total. The van der Waals surface area contributed by atoms with Crippen molar-refractivity contribution in [3.05, 3.63) is 30.3 Å². The molecule has 0 aromatic heterocycles. The molecule has 122 valence electrons. The van der Waals surface area contributed by atoms with Crippen LogP contribution in [0.2, 0.25) is 0 Å². The van der Waals surface area contributed by atoms with E-state index in [1.165, 1.54) is 12.8 Å². The number of nitrogens with zero attached hydrogens (tertiary/aromatic N) is 1. The van der Waals surface area contributed by atoms with Crippen molar-refractivity contribution < 1.29 is 14.3 Å². The molecule has 1 aliphatic carbocycles. The lowest BCUT2D eigenvalue weighted by atomic mass is 9.65. The Morgan fingerprint density at radius 2 is 2.09 bits per heavy atom. The first-order valence-electron chi connectivity index (χ1n) is 8.70. The quantitative estimate of drug-likeness (QED) is 0.636. The van der Waals surface area contributed by atoms with Crippen LogP contribution in [0.15, 0.2) is 30.3 Å². The van der Waals surface area contributed by atoms with E-state index in [0.29, 0.717) is 24.4 Å². The molecule has 4 heteroatoms. The highest BCUT2D eigenvalue weighted by atomic mass is 16.5. The van der Waals surface area contributed by atoms with Gasteiger partial charge in [0, 0.05) is 24.4 Å². The Morgan fingerprint density at radius 1 is 1.26 bits per heavy atom. The second-order valence-corrected chi connectivity index (χ2v) is 7.30. The number of ketones is 1. The summed E-state index contributed by atoms with van der Waals surface area (Å²) in [5, 5.41) is 0. The zero-order valence-electron chi connectivity index (χ0n) is 13.4. The first-order chi connectivity index (χ1) is 11.2. The molecule has 2 bridgehead atoms. The zero-order valence-corrected chi connectivity index (χ0v) is 13.4. The summed E-state index contributed by atoms with van der Waals surface area (Å²) in [7, 11) is 0. The Morgan fingerprint density at radius 3 is 2.91 bits per heavy atom. The summed E-state index contributed by atoms with van der Waals surface area (Å²) in [6, 6.07) is 9.18. The van der Waals surface area contributed by atoms with Gasteiger partial charge < -0.3 is 4.74 Å². The molecule has 2 aliphatic heterocycles. The van der Waals surface area contributed by atoms with E-state index in [2.05, 4.69) is 4.90 Å². The summed E-state index contributed by atoms with van der Waals surface area (Å²) in [6.45, 7) is 1.99. The van der Waals surface area contributed by atoms with Gasteiger partial charge in [-0.2, -0.15) is 0 Å². The van der Waals surface area contributed by atoms with Crippen LogP contribution in [-0.4, -0.2) is 35.3 Å². The molecule has 1 saturated carbocycles. The number of hydrogen-bond acceptors (Lipinski definition) is 4. The number of rotatable bonds is 3. The summed E-state index contributed by atoms with van der Waals surface area (Å²) < 4.78 is 5.43. The normalized spacial score (nSPS) is 33.3. The van der Waals surface area contributed by atoms with E-state index in [1.807, 2.05) is 18.2 Å². The monoisotopic (exact) mass is 313 g/mol. The van der Waals surface area contributed by atoms with Crippen molar-refractivity contribution in [1.82, 2.24) is 4.90 Å². The molecule has 1 aromatic rings. The molecular weight excluding hydrogens is 290 g/mol. The Labute approximate surface area is 136 Å². The second kappa shape index (κ2) is 5.75. The fraction of sp³-hybridized carbons (Fsp3) is 0.579. The van der Waals surface area contributed by atoms with Crippen molar-refractivity contribution in [3.8, 4) is 5.75 Å². The number of esters is 1. The molecule has 3 atom stereocenters. The topological polar surface area (TPSA) is 46.6 Å². The van der Waals surface area contributed by atoms with Gasteiger partial charge in [-0.05, 0) is 50.3 Å². The Bertz CT molecular complexity index is 614. The summed E-state index contributed by atoms with van der Waals surface area (Å²) in [6.07, 6.45) is 5.45. The number of carbonyl (C=O) groups excluding carboxylic acids is 2. The molecule has 3 aliphatic rings. The van der Waals surface area contributed by atoms with Crippen molar-refractivity contribution in [1.29, 1.82) is 0 Å². The Hall–Kier alpha value is -1.68. The average Bonchev–Trinajstić information content (AvgIpc) is 2.94. The van der Waals surface area contributed by atoms with E-state index < -0.39 is 0 Å². The van der Waals surface area contributed by atoms with Crippen LogP contribution in [-0.2, 0) is 9.59 Å². The predicted octanol–water partition coefficient (Wildman–Crippen LogP) is 2.82. The number of para-hydroxylation sites is 1. The van der Waals surface area contributed by atoms with Gasteiger partial charge in [0.05, 0.1) is 6.42 Å². The lowest BCUT2D eigenvalue weighted by molar-refractivity contribution is -0.142. The van der Waals surface area contributed by atoms with Crippen LogP contribution in [0.1, 0.15) is 38.5 Å². The first kappa shape index (κ1) is 14.9. The minimum absolute atomic E-state index is 0.0569. The van der Waals surface area contributed by atoms with Gasteiger partial charge in [-0.1, -0.05) is 18.2 Å². The molecule has 0 amide bonds. The van der Waals surface area contributed by atoms with Gasteiger partial charge in [-0.25, -0.2) is 0 Å². The number of piperidine rings is 1. The highest BCUT2D eigenvalue weighted by molar-refractivity contribution is 5.84. The van der Waals surface area contributed by atoms with E-state index in [9.17, 15) is 9.59 Å². The molecule has 2 heterocycles. The van der Waals surface area contributed by atoms with Crippen LogP contribution in [0.4, 0.5) is 0 Å². The fourth-order valence-corrected chi connectivity index (χ4v) is 4.88. The van der Waals surface area contributed by atoms with Crippen molar-refractivity contribution >= 4 is 11.8 Å². The number of Topliss-reactive ketones (excluding diaryl/α,β-unsaturated/α-hetero) is 1. The molecule has 1 aromatic carbocycles. The van der Waals surface area contributed by atoms with Crippen LogP contribution in [0, 0.1) is 11.8 Å². The summed E-state index contributed by atoms with van der Waals surface area (Å²) in [5.41, 5.74) is 0.262. The smallest absolute Gasteiger partial charge is 0.311 e. The first-order valence-corrected chi connectivity index (χ1v) is 8.70. The SMILES string of the molecule is O=C(C[C@@H]1CN2CCCC23CCC(=O)C1C3)Oc1ccccc1. The maximum Gasteiger partial charge on any atom is 0.311 e.